The molecule has 1 saturated carbocycles. The lowest BCUT2D eigenvalue weighted by Gasteiger charge is -2.33. The highest BCUT2D eigenvalue weighted by Gasteiger charge is 2.37. The Balaban J connectivity index is 1.65. The molecular weight excluding hydrogens is 298 g/mol. The van der Waals surface area contributed by atoms with E-state index in [0.717, 1.165) is 38.0 Å². The number of piperidine rings is 1. The lowest BCUT2D eigenvalue weighted by Crippen LogP contribution is -2.48. The van der Waals surface area contributed by atoms with Crippen molar-refractivity contribution in [1.82, 2.24) is 9.71 Å². The molecule has 2 fully saturated rings. The summed E-state index contributed by atoms with van der Waals surface area (Å²) in [5.74, 6) is 0.852. The van der Waals surface area contributed by atoms with Crippen LogP contribution in [0.5, 0.6) is 0 Å². The van der Waals surface area contributed by atoms with Gasteiger partial charge in [0.2, 0.25) is 10.0 Å². The number of aromatic nitrogens is 1. The van der Waals surface area contributed by atoms with E-state index in [0.29, 0.717) is 11.6 Å². The molecule has 1 aliphatic carbocycles. The molecule has 1 aliphatic heterocycles. The van der Waals surface area contributed by atoms with Crippen LogP contribution in [0.2, 0.25) is 5.02 Å². The number of pyridine rings is 1. The summed E-state index contributed by atoms with van der Waals surface area (Å²) < 4.78 is 26.8. The molecule has 1 N–H and O–H groups in total. The van der Waals surface area contributed by atoms with Crippen molar-refractivity contribution >= 4 is 27.4 Å². The standard InChI is InChI=1S/C13H18ClN3O2S/c14-10-3-6-13(15-8-10)17-7-1-2-11(9-17)16-20(18,19)12-4-5-12/h3,6,8,11-12,16H,1-2,4-5,7,9H2. The summed E-state index contributed by atoms with van der Waals surface area (Å²) in [5.41, 5.74) is 0. The van der Waals surface area contributed by atoms with Crippen molar-refractivity contribution < 1.29 is 8.42 Å². The minimum absolute atomic E-state index is 0.0215. The number of nitrogens with zero attached hydrogens (tertiary/aromatic N) is 2. The van der Waals surface area contributed by atoms with Crippen LogP contribution in [0.1, 0.15) is 25.7 Å². The van der Waals surface area contributed by atoms with Crippen molar-refractivity contribution in [3.63, 3.8) is 0 Å². The van der Waals surface area contributed by atoms with Crippen LogP contribution in [0.3, 0.4) is 0 Å². The summed E-state index contributed by atoms with van der Waals surface area (Å²) in [6.45, 7) is 1.57. The van der Waals surface area contributed by atoms with Gasteiger partial charge in [-0.3, -0.25) is 0 Å². The lowest BCUT2D eigenvalue weighted by atomic mass is 10.1. The first-order chi connectivity index (χ1) is 9.54. The van der Waals surface area contributed by atoms with Gasteiger partial charge in [-0.25, -0.2) is 18.1 Å². The van der Waals surface area contributed by atoms with Crippen LogP contribution in [0.15, 0.2) is 18.3 Å². The van der Waals surface area contributed by atoms with Gasteiger partial charge in [-0.05, 0) is 37.8 Å². The van der Waals surface area contributed by atoms with Gasteiger partial charge < -0.3 is 4.90 Å². The zero-order valence-corrected chi connectivity index (χ0v) is 12.7. The smallest absolute Gasteiger partial charge is 0.214 e. The normalized spacial score (nSPS) is 23.9. The Hall–Kier alpha value is -0.850. The first-order valence-corrected chi connectivity index (χ1v) is 8.85. The van der Waals surface area contributed by atoms with Crippen LogP contribution in [0, 0.1) is 0 Å². The molecule has 2 aliphatic rings. The molecule has 3 rings (SSSR count). The van der Waals surface area contributed by atoms with E-state index in [-0.39, 0.29) is 11.3 Å². The molecule has 0 bridgehead atoms. The molecule has 2 heterocycles. The summed E-state index contributed by atoms with van der Waals surface area (Å²) in [6, 6.07) is 3.66. The Morgan fingerprint density at radius 2 is 2.10 bits per heavy atom. The van der Waals surface area contributed by atoms with E-state index in [4.69, 9.17) is 11.6 Å². The van der Waals surface area contributed by atoms with E-state index in [1.54, 1.807) is 6.20 Å². The molecule has 1 aromatic rings. The summed E-state index contributed by atoms with van der Waals surface area (Å²) >= 11 is 5.84. The minimum atomic E-state index is -3.12. The van der Waals surface area contributed by atoms with Crippen LogP contribution in [0.4, 0.5) is 5.82 Å². The van der Waals surface area contributed by atoms with Crippen molar-refractivity contribution in [2.75, 3.05) is 18.0 Å². The third-order valence-electron chi connectivity index (χ3n) is 3.75. The van der Waals surface area contributed by atoms with E-state index in [1.165, 1.54) is 0 Å². The molecule has 20 heavy (non-hydrogen) atoms. The van der Waals surface area contributed by atoms with Crippen LogP contribution in [0.25, 0.3) is 0 Å². The predicted molar refractivity (Wildman–Crippen MR) is 79.6 cm³/mol. The average Bonchev–Trinajstić information content (AvgIpc) is 3.24. The molecule has 110 valence electrons. The van der Waals surface area contributed by atoms with Crippen molar-refractivity contribution in [2.24, 2.45) is 0 Å². The molecule has 0 spiro atoms. The maximum absolute atomic E-state index is 12.0. The third-order valence-corrected chi connectivity index (χ3v) is 5.99. The van der Waals surface area contributed by atoms with Gasteiger partial charge in [-0.15, -0.1) is 0 Å². The van der Waals surface area contributed by atoms with Crippen LogP contribution in [-0.2, 0) is 10.0 Å². The Morgan fingerprint density at radius 3 is 2.75 bits per heavy atom. The van der Waals surface area contributed by atoms with Crippen molar-refractivity contribution in [3.8, 4) is 0 Å². The van der Waals surface area contributed by atoms with E-state index >= 15 is 0 Å². The van der Waals surface area contributed by atoms with Crippen LogP contribution >= 0.6 is 11.6 Å². The summed E-state index contributed by atoms with van der Waals surface area (Å²) in [5, 5.41) is 0.447. The van der Waals surface area contributed by atoms with Crippen molar-refractivity contribution in [3.05, 3.63) is 23.4 Å². The van der Waals surface area contributed by atoms with Gasteiger partial charge in [0.25, 0.3) is 0 Å². The number of nitrogens with one attached hydrogen (secondary N) is 1. The van der Waals surface area contributed by atoms with Crippen molar-refractivity contribution in [1.29, 1.82) is 0 Å². The number of anilines is 1. The fraction of sp³-hybridized carbons (Fsp3) is 0.615. The van der Waals surface area contributed by atoms with Gasteiger partial charge in [0.1, 0.15) is 5.82 Å². The number of sulfonamides is 1. The average molecular weight is 316 g/mol. The third kappa shape index (κ3) is 3.24. The highest BCUT2D eigenvalue weighted by Crippen LogP contribution is 2.28. The van der Waals surface area contributed by atoms with E-state index < -0.39 is 10.0 Å². The second-order valence-electron chi connectivity index (χ2n) is 5.48. The van der Waals surface area contributed by atoms with Gasteiger partial charge in [0.05, 0.1) is 10.3 Å². The predicted octanol–water partition coefficient (Wildman–Crippen LogP) is 1.79. The van der Waals surface area contributed by atoms with Gasteiger partial charge in [0, 0.05) is 25.3 Å². The minimum Gasteiger partial charge on any atom is -0.355 e. The monoisotopic (exact) mass is 315 g/mol. The molecule has 1 aromatic heterocycles. The number of hydrogen-bond donors (Lipinski definition) is 1. The Labute approximate surface area is 124 Å². The second kappa shape index (κ2) is 5.50. The maximum Gasteiger partial charge on any atom is 0.214 e. The summed E-state index contributed by atoms with van der Waals surface area (Å²) in [6.07, 6.45) is 5.06. The number of rotatable bonds is 4. The maximum atomic E-state index is 12.0. The van der Waals surface area contributed by atoms with E-state index in [1.807, 2.05) is 12.1 Å². The van der Waals surface area contributed by atoms with Gasteiger partial charge in [-0.2, -0.15) is 0 Å². The summed E-state index contributed by atoms with van der Waals surface area (Å²) in [7, 11) is -3.12. The highest BCUT2D eigenvalue weighted by molar-refractivity contribution is 7.90. The fourth-order valence-corrected chi connectivity index (χ4v) is 4.26. The molecule has 0 amide bonds. The number of halogens is 1. The number of hydrogen-bond acceptors (Lipinski definition) is 4. The molecule has 1 atom stereocenters. The van der Waals surface area contributed by atoms with Gasteiger partial charge in [0.15, 0.2) is 0 Å². The first kappa shape index (κ1) is 14.1. The second-order valence-corrected chi connectivity index (χ2v) is 7.91. The lowest BCUT2D eigenvalue weighted by molar-refractivity contribution is 0.463. The van der Waals surface area contributed by atoms with Gasteiger partial charge >= 0.3 is 0 Å². The fourth-order valence-electron chi connectivity index (χ4n) is 2.54. The van der Waals surface area contributed by atoms with Crippen molar-refractivity contribution in [2.45, 2.75) is 37.0 Å². The molecule has 1 saturated heterocycles. The largest absolute Gasteiger partial charge is 0.355 e. The Morgan fingerprint density at radius 1 is 1.30 bits per heavy atom. The molecule has 1 unspecified atom stereocenters. The molecule has 0 aromatic carbocycles. The van der Waals surface area contributed by atoms with E-state index in [2.05, 4.69) is 14.6 Å². The zero-order chi connectivity index (χ0) is 14.2. The van der Waals surface area contributed by atoms with E-state index in [9.17, 15) is 8.42 Å². The Bertz CT molecular complexity index is 572. The topological polar surface area (TPSA) is 62.3 Å². The molecule has 7 heteroatoms. The van der Waals surface area contributed by atoms with Crippen LogP contribution < -0.4 is 9.62 Å². The molecule has 5 nitrogen and oxygen atoms in total. The van der Waals surface area contributed by atoms with Gasteiger partial charge in [-0.1, -0.05) is 11.6 Å². The SMILES string of the molecule is O=S(=O)(NC1CCCN(c2ccc(Cl)cn2)C1)C1CC1. The molecule has 0 radical (unpaired) electrons. The highest BCUT2D eigenvalue weighted by atomic mass is 35.5. The first-order valence-electron chi connectivity index (χ1n) is 6.92. The quantitative estimate of drug-likeness (QED) is 0.920. The zero-order valence-electron chi connectivity index (χ0n) is 11.1. The Kier molecular flexibility index (Phi) is 3.88. The van der Waals surface area contributed by atoms with Crippen LogP contribution in [-0.4, -0.2) is 37.8 Å². The molecular formula is C13H18ClN3O2S. The summed E-state index contributed by atoms with van der Waals surface area (Å²) in [4.78, 5) is 6.41.